The number of nitrogens with one attached hydrogen (secondary N) is 1. The first-order valence-corrected chi connectivity index (χ1v) is 7.17. The zero-order chi connectivity index (χ0) is 13.7. The maximum absolute atomic E-state index is 12.2. The smallest absolute Gasteiger partial charge is 0.309 e. The van der Waals surface area contributed by atoms with Gasteiger partial charge in [-0.2, -0.15) is 0 Å². The normalized spacial score (nSPS) is 19.7. The Morgan fingerprint density at radius 1 is 1.32 bits per heavy atom. The van der Waals surface area contributed by atoms with Crippen molar-refractivity contribution in [2.45, 2.75) is 38.7 Å². The molecule has 1 aromatic carbocycles. The van der Waals surface area contributed by atoms with Crippen LogP contribution in [0, 0.1) is 5.92 Å². The van der Waals surface area contributed by atoms with Gasteiger partial charge in [-0.3, -0.25) is 4.79 Å². The van der Waals surface area contributed by atoms with Crippen LogP contribution in [0.25, 0.3) is 0 Å². The highest BCUT2D eigenvalue weighted by atomic mass is 16.6. The maximum Gasteiger partial charge on any atom is 0.309 e. The summed E-state index contributed by atoms with van der Waals surface area (Å²) in [6, 6.07) is 10.1. The van der Waals surface area contributed by atoms with Gasteiger partial charge in [0.1, 0.15) is 5.60 Å². The molecule has 19 heavy (non-hydrogen) atoms. The number of carbonyl (C=O) groups excluding carboxylic acids is 1. The van der Waals surface area contributed by atoms with Crippen LogP contribution in [0.5, 0.6) is 0 Å². The molecule has 0 amide bonds. The third-order valence-electron chi connectivity index (χ3n) is 4.02. The van der Waals surface area contributed by atoms with Crippen molar-refractivity contribution >= 4 is 5.97 Å². The number of benzene rings is 1. The second-order valence-electron chi connectivity index (χ2n) is 5.34. The number of hydrogen-bond acceptors (Lipinski definition) is 3. The summed E-state index contributed by atoms with van der Waals surface area (Å²) in [7, 11) is 0. The van der Waals surface area contributed by atoms with Crippen molar-refractivity contribution < 1.29 is 9.53 Å². The third-order valence-corrected chi connectivity index (χ3v) is 4.02. The molecule has 0 saturated carbocycles. The molecule has 104 valence electrons. The number of rotatable bonds is 4. The van der Waals surface area contributed by atoms with E-state index in [1.165, 1.54) is 0 Å². The Hall–Kier alpha value is -1.35. The van der Waals surface area contributed by atoms with Crippen LogP contribution < -0.4 is 5.32 Å². The van der Waals surface area contributed by atoms with E-state index in [-0.39, 0.29) is 11.9 Å². The highest BCUT2D eigenvalue weighted by Gasteiger charge is 2.38. The van der Waals surface area contributed by atoms with Gasteiger partial charge in [0.2, 0.25) is 0 Å². The minimum atomic E-state index is -0.437. The monoisotopic (exact) mass is 261 g/mol. The van der Waals surface area contributed by atoms with Gasteiger partial charge < -0.3 is 10.1 Å². The fourth-order valence-electron chi connectivity index (χ4n) is 2.48. The molecule has 3 heteroatoms. The van der Waals surface area contributed by atoms with Crippen LogP contribution in [0.3, 0.4) is 0 Å². The standard InChI is InChI=1S/C16H23NO2/c1-3-13(2)15(18)19-16(9-11-17-12-10-16)14-7-5-4-6-8-14/h4-8,13,17H,3,9-12H2,1-2H3. The van der Waals surface area contributed by atoms with Crippen molar-refractivity contribution in [3.05, 3.63) is 35.9 Å². The predicted octanol–water partition coefficient (Wildman–Crippen LogP) is 2.85. The molecule has 1 N–H and O–H groups in total. The number of piperidine rings is 1. The van der Waals surface area contributed by atoms with Crippen molar-refractivity contribution in [3.63, 3.8) is 0 Å². The Bertz CT molecular complexity index is 410. The molecule has 1 saturated heterocycles. The Labute approximate surface area is 115 Å². The van der Waals surface area contributed by atoms with E-state index in [1.54, 1.807) is 0 Å². The van der Waals surface area contributed by atoms with E-state index in [1.807, 2.05) is 32.0 Å². The average Bonchev–Trinajstić information content (AvgIpc) is 2.48. The van der Waals surface area contributed by atoms with Crippen LogP contribution in [0.2, 0.25) is 0 Å². The molecule has 1 fully saturated rings. The summed E-state index contributed by atoms with van der Waals surface area (Å²) in [4.78, 5) is 12.2. The summed E-state index contributed by atoms with van der Waals surface area (Å²) < 4.78 is 5.94. The molecule has 0 aromatic heterocycles. The Kier molecular flexibility index (Phi) is 4.59. The zero-order valence-corrected chi connectivity index (χ0v) is 11.8. The molecule has 1 aliphatic rings. The Balaban J connectivity index is 2.23. The number of hydrogen-bond donors (Lipinski definition) is 1. The molecule has 1 atom stereocenters. The lowest BCUT2D eigenvalue weighted by atomic mass is 9.84. The van der Waals surface area contributed by atoms with Gasteiger partial charge in [-0.05, 0) is 25.1 Å². The van der Waals surface area contributed by atoms with Gasteiger partial charge >= 0.3 is 5.97 Å². The summed E-state index contributed by atoms with van der Waals surface area (Å²) in [5.41, 5.74) is 0.681. The molecule has 2 rings (SSSR count). The molecule has 1 unspecified atom stereocenters. The summed E-state index contributed by atoms with van der Waals surface area (Å²) in [5.74, 6) is -0.108. The summed E-state index contributed by atoms with van der Waals surface area (Å²) >= 11 is 0. The van der Waals surface area contributed by atoms with Gasteiger partial charge in [0.25, 0.3) is 0 Å². The van der Waals surface area contributed by atoms with E-state index >= 15 is 0 Å². The predicted molar refractivity (Wildman–Crippen MR) is 75.8 cm³/mol. The SMILES string of the molecule is CCC(C)C(=O)OC1(c2ccccc2)CCNCC1. The fraction of sp³-hybridized carbons (Fsp3) is 0.562. The van der Waals surface area contributed by atoms with Crippen molar-refractivity contribution in [1.82, 2.24) is 5.32 Å². The molecule has 3 nitrogen and oxygen atoms in total. The zero-order valence-electron chi connectivity index (χ0n) is 11.8. The topological polar surface area (TPSA) is 38.3 Å². The van der Waals surface area contributed by atoms with Crippen LogP contribution >= 0.6 is 0 Å². The average molecular weight is 261 g/mol. The van der Waals surface area contributed by atoms with Crippen molar-refractivity contribution in [1.29, 1.82) is 0 Å². The molecule has 1 aromatic rings. The third kappa shape index (κ3) is 3.16. The van der Waals surface area contributed by atoms with E-state index in [0.29, 0.717) is 0 Å². The van der Waals surface area contributed by atoms with E-state index in [4.69, 9.17) is 4.74 Å². The maximum atomic E-state index is 12.2. The first-order chi connectivity index (χ1) is 9.18. The number of carbonyl (C=O) groups is 1. The van der Waals surface area contributed by atoms with Gasteiger partial charge in [-0.1, -0.05) is 44.2 Å². The highest BCUT2D eigenvalue weighted by molar-refractivity contribution is 5.72. The van der Waals surface area contributed by atoms with Gasteiger partial charge in [0.15, 0.2) is 0 Å². The minimum Gasteiger partial charge on any atom is -0.454 e. The number of ether oxygens (including phenoxy) is 1. The summed E-state index contributed by atoms with van der Waals surface area (Å²) in [6.45, 7) is 5.73. The van der Waals surface area contributed by atoms with Gasteiger partial charge in [-0.25, -0.2) is 0 Å². The molecule has 0 spiro atoms. The van der Waals surface area contributed by atoms with Crippen molar-refractivity contribution in [2.24, 2.45) is 5.92 Å². The van der Waals surface area contributed by atoms with E-state index in [2.05, 4.69) is 17.4 Å². The largest absolute Gasteiger partial charge is 0.454 e. The molecular weight excluding hydrogens is 238 g/mol. The molecular formula is C16H23NO2. The lowest BCUT2D eigenvalue weighted by Crippen LogP contribution is -2.43. The Morgan fingerprint density at radius 3 is 2.53 bits per heavy atom. The first kappa shape index (κ1) is 14.1. The number of esters is 1. The fourth-order valence-corrected chi connectivity index (χ4v) is 2.48. The Morgan fingerprint density at radius 2 is 1.95 bits per heavy atom. The summed E-state index contributed by atoms with van der Waals surface area (Å²) in [6.07, 6.45) is 2.51. The molecule has 1 heterocycles. The lowest BCUT2D eigenvalue weighted by Gasteiger charge is -2.38. The lowest BCUT2D eigenvalue weighted by molar-refractivity contribution is -0.169. The van der Waals surface area contributed by atoms with E-state index in [0.717, 1.165) is 37.9 Å². The molecule has 0 radical (unpaired) electrons. The molecule has 1 aliphatic heterocycles. The van der Waals surface area contributed by atoms with E-state index in [9.17, 15) is 4.79 Å². The molecule has 0 bridgehead atoms. The van der Waals surface area contributed by atoms with Gasteiger partial charge in [0, 0.05) is 12.8 Å². The van der Waals surface area contributed by atoms with Gasteiger partial charge in [0.05, 0.1) is 5.92 Å². The second kappa shape index (κ2) is 6.20. The second-order valence-corrected chi connectivity index (χ2v) is 5.34. The summed E-state index contributed by atoms with van der Waals surface area (Å²) in [5, 5.41) is 3.33. The van der Waals surface area contributed by atoms with Crippen LogP contribution in [-0.4, -0.2) is 19.1 Å². The van der Waals surface area contributed by atoms with Crippen molar-refractivity contribution in [3.8, 4) is 0 Å². The quantitative estimate of drug-likeness (QED) is 0.847. The van der Waals surface area contributed by atoms with Crippen molar-refractivity contribution in [2.75, 3.05) is 13.1 Å². The van der Waals surface area contributed by atoms with Gasteiger partial charge in [-0.15, -0.1) is 0 Å². The first-order valence-electron chi connectivity index (χ1n) is 7.17. The van der Waals surface area contributed by atoms with Crippen LogP contribution in [0.1, 0.15) is 38.7 Å². The van der Waals surface area contributed by atoms with Crippen LogP contribution in [-0.2, 0) is 15.1 Å². The highest BCUT2D eigenvalue weighted by Crippen LogP contribution is 2.35. The minimum absolute atomic E-state index is 0.0320. The molecule has 0 aliphatic carbocycles. The van der Waals surface area contributed by atoms with E-state index < -0.39 is 5.60 Å². The van der Waals surface area contributed by atoms with Crippen LogP contribution in [0.15, 0.2) is 30.3 Å². The van der Waals surface area contributed by atoms with Crippen LogP contribution in [0.4, 0.5) is 0 Å².